The van der Waals surface area contributed by atoms with E-state index in [0.717, 1.165) is 31.5 Å². The lowest BCUT2D eigenvalue weighted by molar-refractivity contribution is 0.0989. The van der Waals surface area contributed by atoms with E-state index in [1.165, 1.54) is 9.54 Å². The van der Waals surface area contributed by atoms with Crippen molar-refractivity contribution >= 4 is 32.7 Å². The molecule has 3 aromatic heterocycles. The minimum atomic E-state index is -4.14. The first-order chi connectivity index (χ1) is 25.6. The van der Waals surface area contributed by atoms with Gasteiger partial charge in [0.05, 0.1) is 46.7 Å². The van der Waals surface area contributed by atoms with Crippen molar-refractivity contribution in [1.29, 1.82) is 0 Å². The number of hydrogen-bond acceptors (Lipinski definition) is 8. The first kappa shape index (κ1) is 33.5. The molecule has 6 aromatic rings. The number of rotatable bonds is 8. The Labute approximate surface area is 308 Å². The van der Waals surface area contributed by atoms with Crippen molar-refractivity contribution in [1.82, 2.24) is 23.6 Å². The average molecular weight is 729 g/mol. The number of likely N-dealkylation sites (tertiary alicyclic amines) is 1. The minimum Gasteiger partial charge on any atom is -0.491 e. The second-order valence-electron chi connectivity index (χ2n) is 14.5. The molecule has 0 atom stereocenters. The van der Waals surface area contributed by atoms with Gasteiger partial charge in [-0.05, 0) is 98.8 Å². The van der Waals surface area contributed by atoms with E-state index in [2.05, 4.69) is 16.9 Å². The lowest BCUT2D eigenvalue weighted by Crippen LogP contribution is -2.45. The highest BCUT2D eigenvalue weighted by molar-refractivity contribution is 7.90. The van der Waals surface area contributed by atoms with E-state index in [1.807, 2.05) is 73.3 Å². The zero-order valence-electron chi connectivity index (χ0n) is 29.9. The fourth-order valence-corrected chi connectivity index (χ4v) is 9.26. The monoisotopic (exact) mass is 728 g/mol. The fourth-order valence-electron chi connectivity index (χ4n) is 7.79. The maximum absolute atomic E-state index is 14.6. The molecule has 53 heavy (non-hydrogen) atoms. The molecule has 1 N–H and O–H groups in total. The summed E-state index contributed by atoms with van der Waals surface area (Å²) >= 11 is 0. The molecule has 1 amide bonds. The molecular weight excluding hydrogens is 689 g/mol. The molecule has 2 fully saturated rings. The van der Waals surface area contributed by atoms with Gasteiger partial charge in [-0.25, -0.2) is 17.4 Å². The molecule has 12 heteroatoms. The van der Waals surface area contributed by atoms with Gasteiger partial charge < -0.3 is 19.6 Å². The van der Waals surface area contributed by atoms with Crippen LogP contribution >= 0.6 is 0 Å². The number of aryl methyl sites for hydroxylation is 2. The summed E-state index contributed by atoms with van der Waals surface area (Å²) in [5.41, 5.74) is 7.17. The lowest BCUT2D eigenvalue weighted by atomic mass is 9.96. The molecule has 270 valence electrons. The smallest absolute Gasteiger partial charge is 0.269 e. The molecular formula is C41H40N6O5S. The molecule has 9 rings (SSSR count). The number of carbonyl (C=O) groups excluding carboxylic acids is 1. The molecule has 3 aromatic carbocycles. The van der Waals surface area contributed by atoms with Crippen molar-refractivity contribution in [2.24, 2.45) is 0 Å². The lowest BCUT2D eigenvalue weighted by Gasteiger charge is -2.36. The molecule has 1 saturated heterocycles. The number of aliphatic hydroxyl groups excluding tert-OH is 1. The number of fused-ring (bicyclic) bond motifs is 2. The molecule has 1 saturated carbocycles. The van der Waals surface area contributed by atoms with Gasteiger partial charge >= 0.3 is 0 Å². The van der Waals surface area contributed by atoms with Crippen molar-refractivity contribution in [3.63, 3.8) is 0 Å². The quantitative estimate of drug-likeness (QED) is 0.193. The van der Waals surface area contributed by atoms with Crippen LogP contribution in [0.2, 0.25) is 0 Å². The Kier molecular flexibility index (Phi) is 8.02. The van der Waals surface area contributed by atoms with Crippen molar-refractivity contribution in [3.05, 3.63) is 113 Å². The number of aromatic nitrogens is 4. The van der Waals surface area contributed by atoms with Crippen LogP contribution in [0.4, 0.5) is 5.69 Å². The first-order valence-electron chi connectivity index (χ1n) is 18.0. The summed E-state index contributed by atoms with van der Waals surface area (Å²) in [6.45, 7) is 5.76. The normalized spacial score (nSPS) is 16.8. The maximum Gasteiger partial charge on any atom is 0.269 e. The maximum atomic E-state index is 14.6. The van der Waals surface area contributed by atoms with Crippen molar-refractivity contribution in [2.75, 3.05) is 38.2 Å². The van der Waals surface area contributed by atoms with Gasteiger partial charge in [0.25, 0.3) is 15.9 Å². The number of anilines is 1. The van der Waals surface area contributed by atoms with Gasteiger partial charge in [-0.1, -0.05) is 35.9 Å². The summed E-state index contributed by atoms with van der Waals surface area (Å²) in [6.07, 6.45) is 5.83. The van der Waals surface area contributed by atoms with Crippen molar-refractivity contribution in [3.8, 4) is 28.1 Å². The number of pyridine rings is 1. The van der Waals surface area contributed by atoms with Gasteiger partial charge in [-0.15, -0.1) is 0 Å². The molecule has 3 aliphatic rings. The van der Waals surface area contributed by atoms with Crippen LogP contribution in [0.1, 0.15) is 57.5 Å². The summed E-state index contributed by atoms with van der Waals surface area (Å²) in [4.78, 5) is 22.8. The minimum absolute atomic E-state index is 0.143. The van der Waals surface area contributed by atoms with Gasteiger partial charge in [0, 0.05) is 42.0 Å². The Morgan fingerprint density at radius 2 is 1.72 bits per heavy atom. The summed E-state index contributed by atoms with van der Waals surface area (Å²) in [5.74, 6) is 0.917. The number of amides is 1. The highest BCUT2D eigenvalue weighted by Crippen LogP contribution is 2.44. The zero-order chi connectivity index (χ0) is 36.6. The van der Waals surface area contributed by atoms with Crippen LogP contribution in [0.5, 0.6) is 5.75 Å². The molecule has 0 bridgehead atoms. The summed E-state index contributed by atoms with van der Waals surface area (Å²) in [6, 6.07) is 22.1. The van der Waals surface area contributed by atoms with Crippen LogP contribution in [-0.4, -0.2) is 76.4 Å². The molecule has 0 unspecified atom stereocenters. The van der Waals surface area contributed by atoms with Crippen LogP contribution in [0.25, 0.3) is 33.4 Å². The second-order valence-corrected chi connectivity index (χ2v) is 16.3. The predicted molar refractivity (Wildman–Crippen MR) is 203 cm³/mol. The Morgan fingerprint density at radius 3 is 2.45 bits per heavy atom. The molecule has 0 radical (unpaired) electrons. The summed E-state index contributed by atoms with van der Waals surface area (Å²) in [7, 11) is -2.08. The topological polar surface area (TPSA) is 123 Å². The fraction of sp³-hybridized carbons (Fsp3) is 0.293. The number of likely N-dealkylation sites (N-methyl/N-ethyl adjacent to an activating group) is 1. The Bertz CT molecular complexity index is 2530. The molecule has 0 spiro atoms. The van der Waals surface area contributed by atoms with Crippen LogP contribution < -0.4 is 9.64 Å². The third kappa shape index (κ3) is 5.63. The van der Waals surface area contributed by atoms with E-state index < -0.39 is 10.0 Å². The Hall–Kier alpha value is -5.30. The molecule has 5 heterocycles. The number of aliphatic hydroxyl groups is 1. The van der Waals surface area contributed by atoms with Gasteiger partial charge in [-0.3, -0.25) is 9.48 Å². The van der Waals surface area contributed by atoms with Gasteiger partial charge in [-0.2, -0.15) is 5.10 Å². The van der Waals surface area contributed by atoms with E-state index in [1.54, 1.807) is 35.4 Å². The average Bonchev–Trinajstić information content (AvgIpc) is 3.85. The standard InChI is InChI=1S/C41H40N6O5S/c1-25-7-12-30(13-8-25)53(50,51)47-38(35-23-46(43-26(35)2)29-21-44(3)22-29)20-34-32(15-16-42-40(34)47)31-5-4-6-37(36(31)24-48)45-17-18-52-39-19-28(27-9-10-27)11-14-33(39)41(45)49/h4-8,11-16,19-20,23,27,29,48H,9-10,17-18,21-22,24H2,1-3H3. The number of carbonyl (C=O) groups is 1. The highest BCUT2D eigenvalue weighted by Gasteiger charge is 2.33. The van der Waals surface area contributed by atoms with E-state index in [4.69, 9.17) is 9.84 Å². The summed E-state index contributed by atoms with van der Waals surface area (Å²) in [5, 5.41) is 16.4. The molecule has 11 nitrogen and oxygen atoms in total. The van der Waals surface area contributed by atoms with Crippen LogP contribution in [-0.2, 0) is 16.6 Å². The first-order valence-corrected chi connectivity index (χ1v) is 19.5. The van der Waals surface area contributed by atoms with E-state index in [0.29, 0.717) is 75.1 Å². The number of hydrogen-bond donors (Lipinski definition) is 1. The SMILES string of the molecule is Cc1ccc(S(=O)(=O)n2c(-c3cn(C4CN(C)C4)nc3C)cc3c(-c4cccc(N5CCOc6cc(C7CC7)ccc6C5=O)c4CO)ccnc32)cc1. The van der Waals surface area contributed by atoms with Gasteiger partial charge in [0.2, 0.25) is 0 Å². The van der Waals surface area contributed by atoms with Gasteiger partial charge in [0.1, 0.15) is 12.4 Å². The third-order valence-corrected chi connectivity index (χ3v) is 12.5. The predicted octanol–water partition coefficient (Wildman–Crippen LogP) is 6.32. The van der Waals surface area contributed by atoms with Crippen molar-refractivity contribution in [2.45, 2.75) is 50.2 Å². The molecule has 2 aliphatic heterocycles. The third-order valence-electron chi connectivity index (χ3n) is 10.8. The Morgan fingerprint density at radius 1 is 0.925 bits per heavy atom. The van der Waals surface area contributed by atoms with E-state index >= 15 is 0 Å². The van der Waals surface area contributed by atoms with Gasteiger partial charge in [0.15, 0.2) is 5.65 Å². The van der Waals surface area contributed by atoms with Crippen molar-refractivity contribution < 1.29 is 23.1 Å². The van der Waals surface area contributed by atoms with Crippen LogP contribution in [0, 0.1) is 13.8 Å². The van der Waals surface area contributed by atoms with Crippen LogP contribution in [0.3, 0.4) is 0 Å². The molecule has 1 aliphatic carbocycles. The Balaban J connectivity index is 1.20. The van der Waals surface area contributed by atoms with Crippen LogP contribution in [0.15, 0.2) is 90.1 Å². The number of benzene rings is 3. The summed E-state index contributed by atoms with van der Waals surface area (Å²) < 4.78 is 38.6. The van der Waals surface area contributed by atoms with E-state index in [9.17, 15) is 18.3 Å². The number of ether oxygens (including phenoxy) is 1. The largest absolute Gasteiger partial charge is 0.491 e. The number of nitrogens with zero attached hydrogens (tertiary/aromatic N) is 6. The highest BCUT2D eigenvalue weighted by atomic mass is 32.2. The zero-order valence-corrected chi connectivity index (χ0v) is 30.7. The van der Waals surface area contributed by atoms with E-state index in [-0.39, 0.29) is 29.1 Å². The second kappa shape index (κ2) is 12.7.